The zero-order chi connectivity index (χ0) is 20.5. The van der Waals surface area contributed by atoms with Gasteiger partial charge in [0.15, 0.2) is 5.65 Å². The molecule has 0 aliphatic heterocycles. The first kappa shape index (κ1) is 20.5. The molecule has 0 aliphatic carbocycles. The third-order valence-corrected chi connectivity index (χ3v) is 6.40. The zero-order valence-electron chi connectivity index (χ0n) is 15.8. The van der Waals surface area contributed by atoms with Crippen molar-refractivity contribution in [3.8, 4) is 0 Å². The van der Waals surface area contributed by atoms with Crippen LogP contribution < -0.4 is 5.32 Å². The number of hydrogen-bond donors (Lipinski definition) is 2. The number of fused-ring (bicyclic) bond motifs is 1. The van der Waals surface area contributed by atoms with Gasteiger partial charge in [0.05, 0.1) is 17.7 Å². The van der Waals surface area contributed by atoms with E-state index in [1.54, 1.807) is 28.9 Å². The lowest BCUT2D eigenvalue weighted by Crippen LogP contribution is -2.29. The minimum atomic E-state index is -3.64. The largest absolute Gasteiger partial charge is 0.395 e. The molecule has 0 unspecified atom stereocenters. The molecule has 150 valence electrons. The van der Waals surface area contributed by atoms with E-state index in [0.29, 0.717) is 22.3 Å². The Morgan fingerprint density at radius 1 is 1.29 bits per heavy atom. The molecule has 0 saturated heterocycles. The Kier molecular flexibility index (Phi) is 5.90. The number of likely N-dealkylation sites (N-methyl/N-ethyl adjacent to an activating group) is 1. The van der Waals surface area contributed by atoms with Gasteiger partial charge in [0, 0.05) is 30.9 Å². The number of hydrogen-bond acceptors (Lipinski definition) is 6. The van der Waals surface area contributed by atoms with Crippen LogP contribution in [0.4, 0.5) is 11.5 Å². The molecular formula is C18H22ClN5O3S. The molecule has 10 heteroatoms. The zero-order valence-corrected chi connectivity index (χ0v) is 17.4. The topological polar surface area (TPSA) is 99.8 Å². The van der Waals surface area contributed by atoms with Crippen LogP contribution in [0.3, 0.4) is 0 Å². The number of anilines is 2. The Labute approximate surface area is 168 Å². The molecule has 2 N–H and O–H groups in total. The smallest absolute Gasteiger partial charge is 0.242 e. The molecule has 0 saturated carbocycles. The lowest BCUT2D eigenvalue weighted by atomic mass is 10.1. The van der Waals surface area contributed by atoms with Crippen LogP contribution in [0, 0.1) is 0 Å². The van der Waals surface area contributed by atoms with Crippen LogP contribution in [-0.4, -0.2) is 52.6 Å². The highest BCUT2D eigenvalue weighted by molar-refractivity contribution is 7.89. The number of aliphatic hydroxyl groups excluding tert-OH is 1. The van der Waals surface area contributed by atoms with Gasteiger partial charge in [0.1, 0.15) is 11.0 Å². The van der Waals surface area contributed by atoms with Crippen molar-refractivity contribution < 1.29 is 13.5 Å². The van der Waals surface area contributed by atoms with Crippen molar-refractivity contribution in [3.63, 3.8) is 0 Å². The van der Waals surface area contributed by atoms with E-state index in [1.165, 1.54) is 19.2 Å². The minimum Gasteiger partial charge on any atom is -0.395 e. The molecule has 1 aromatic carbocycles. The summed E-state index contributed by atoms with van der Waals surface area (Å²) >= 11 is 6.18. The van der Waals surface area contributed by atoms with Crippen molar-refractivity contribution in [2.24, 2.45) is 0 Å². The number of nitrogens with one attached hydrogen (secondary N) is 1. The van der Waals surface area contributed by atoms with Crippen LogP contribution in [-0.2, 0) is 10.0 Å². The highest BCUT2D eigenvalue weighted by Crippen LogP contribution is 2.26. The second-order valence-corrected chi connectivity index (χ2v) is 9.09. The molecular weight excluding hydrogens is 402 g/mol. The summed E-state index contributed by atoms with van der Waals surface area (Å²) in [5.41, 5.74) is 2.34. The SMILES string of the molecule is CC(C)c1cnn2c(Nc3ccc(S(=O)(=O)N(C)CCO)cc3)cc(Cl)nc12. The molecule has 0 fully saturated rings. The highest BCUT2D eigenvalue weighted by Gasteiger charge is 2.20. The number of rotatable bonds is 7. The first-order chi connectivity index (χ1) is 13.2. The minimum absolute atomic E-state index is 0.0350. The van der Waals surface area contributed by atoms with E-state index in [2.05, 4.69) is 29.2 Å². The average molecular weight is 424 g/mol. The number of benzene rings is 1. The van der Waals surface area contributed by atoms with Crippen LogP contribution >= 0.6 is 11.6 Å². The van der Waals surface area contributed by atoms with Gasteiger partial charge >= 0.3 is 0 Å². The molecule has 0 amide bonds. The van der Waals surface area contributed by atoms with E-state index in [1.807, 2.05) is 0 Å². The first-order valence-corrected chi connectivity index (χ1v) is 10.5. The number of halogens is 1. The van der Waals surface area contributed by atoms with Gasteiger partial charge in [0.25, 0.3) is 0 Å². The van der Waals surface area contributed by atoms with Gasteiger partial charge in [0.2, 0.25) is 10.0 Å². The molecule has 8 nitrogen and oxygen atoms in total. The van der Waals surface area contributed by atoms with Crippen LogP contribution in [0.15, 0.2) is 41.4 Å². The lowest BCUT2D eigenvalue weighted by Gasteiger charge is -2.16. The lowest BCUT2D eigenvalue weighted by molar-refractivity contribution is 0.266. The van der Waals surface area contributed by atoms with Crippen molar-refractivity contribution in [1.29, 1.82) is 0 Å². The van der Waals surface area contributed by atoms with E-state index in [4.69, 9.17) is 16.7 Å². The molecule has 3 aromatic rings. The van der Waals surface area contributed by atoms with Gasteiger partial charge in [-0.3, -0.25) is 0 Å². The summed E-state index contributed by atoms with van der Waals surface area (Å²) in [5.74, 6) is 0.867. The van der Waals surface area contributed by atoms with Crippen molar-refractivity contribution in [3.05, 3.63) is 47.2 Å². The summed E-state index contributed by atoms with van der Waals surface area (Å²) < 4.78 is 27.6. The van der Waals surface area contributed by atoms with Crippen molar-refractivity contribution >= 4 is 38.8 Å². The quantitative estimate of drug-likeness (QED) is 0.567. The molecule has 0 bridgehead atoms. The average Bonchev–Trinajstić information content (AvgIpc) is 3.06. The van der Waals surface area contributed by atoms with E-state index >= 15 is 0 Å². The molecule has 28 heavy (non-hydrogen) atoms. The summed E-state index contributed by atoms with van der Waals surface area (Å²) in [7, 11) is -2.21. The van der Waals surface area contributed by atoms with Gasteiger partial charge in [-0.1, -0.05) is 25.4 Å². The second kappa shape index (κ2) is 8.04. The maximum atomic E-state index is 12.4. The van der Waals surface area contributed by atoms with E-state index < -0.39 is 10.0 Å². The molecule has 0 spiro atoms. The van der Waals surface area contributed by atoms with E-state index in [-0.39, 0.29) is 24.0 Å². The molecule has 2 aromatic heterocycles. The Bertz CT molecular complexity index is 1080. The van der Waals surface area contributed by atoms with E-state index in [0.717, 1.165) is 9.87 Å². The summed E-state index contributed by atoms with van der Waals surface area (Å²) in [6.07, 6.45) is 1.77. The van der Waals surface area contributed by atoms with Gasteiger partial charge in [-0.25, -0.2) is 13.4 Å². The van der Waals surface area contributed by atoms with Crippen LogP contribution in [0.2, 0.25) is 5.15 Å². The van der Waals surface area contributed by atoms with Crippen LogP contribution in [0.25, 0.3) is 5.65 Å². The fraction of sp³-hybridized carbons (Fsp3) is 0.333. The van der Waals surface area contributed by atoms with Crippen LogP contribution in [0.5, 0.6) is 0 Å². The summed E-state index contributed by atoms with van der Waals surface area (Å²) in [5, 5.41) is 16.9. The fourth-order valence-electron chi connectivity index (χ4n) is 2.75. The predicted molar refractivity (Wildman–Crippen MR) is 109 cm³/mol. The predicted octanol–water partition coefficient (Wildman–Crippen LogP) is 2.86. The van der Waals surface area contributed by atoms with Crippen molar-refractivity contribution in [2.45, 2.75) is 24.7 Å². The maximum Gasteiger partial charge on any atom is 0.242 e. The standard InChI is InChI=1S/C18H22ClN5O3S/c1-12(2)15-11-20-24-17(10-16(19)22-18(15)24)21-13-4-6-14(7-5-13)28(26,27)23(3)8-9-25/h4-7,10-12,21,25H,8-9H2,1-3H3. The Morgan fingerprint density at radius 2 is 1.96 bits per heavy atom. The van der Waals surface area contributed by atoms with Gasteiger partial charge in [-0.05, 0) is 30.2 Å². The van der Waals surface area contributed by atoms with Gasteiger partial charge in [-0.15, -0.1) is 0 Å². The second-order valence-electron chi connectivity index (χ2n) is 6.65. The number of nitrogens with zero attached hydrogens (tertiary/aromatic N) is 4. The third kappa shape index (κ3) is 3.97. The Morgan fingerprint density at radius 3 is 2.57 bits per heavy atom. The van der Waals surface area contributed by atoms with Gasteiger partial charge in [-0.2, -0.15) is 13.9 Å². The number of aliphatic hydroxyl groups is 1. The number of aromatic nitrogens is 3. The monoisotopic (exact) mass is 423 g/mol. The van der Waals surface area contributed by atoms with Crippen LogP contribution in [0.1, 0.15) is 25.3 Å². The maximum absolute atomic E-state index is 12.4. The normalized spacial score (nSPS) is 12.2. The first-order valence-electron chi connectivity index (χ1n) is 8.72. The molecule has 0 aliphatic rings. The molecule has 2 heterocycles. The third-order valence-electron chi connectivity index (χ3n) is 4.34. The van der Waals surface area contributed by atoms with Crippen molar-refractivity contribution in [1.82, 2.24) is 18.9 Å². The number of sulfonamides is 1. The highest BCUT2D eigenvalue weighted by atomic mass is 35.5. The fourth-order valence-corrected chi connectivity index (χ4v) is 4.09. The Hall–Kier alpha value is -2.20. The molecule has 0 radical (unpaired) electrons. The molecule has 0 atom stereocenters. The summed E-state index contributed by atoms with van der Waals surface area (Å²) in [4.78, 5) is 4.51. The Balaban J connectivity index is 1.91. The van der Waals surface area contributed by atoms with E-state index in [9.17, 15) is 8.42 Å². The summed E-state index contributed by atoms with van der Waals surface area (Å²) in [6.45, 7) is 3.91. The molecule has 3 rings (SSSR count). The summed E-state index contributed by atoms with van der Waals surface area (Å²) in [6, 6.07) is 7.99. The van der Waals surface area contributed by atoms with Gasteiger partial charge < -0.3 is 10.4 Å². The van der Waals surface area contributed by atoms with Crippen molar-refractivity contribution in [2.75, 3.05) is 25.5 Å².